The van der Waals surface area contributed by atoms with Gasteiger partial charge in [0.25, 0.3) is 0 Å². The van der Waals surface area contributed by atoms with Gasteiger partial charge < -0.3 is 19.7 Å². The van der Waals surface area contributed by atoms with Gasteiger partial charge in [0.2, 0.25) is 0 Å². The molecule has 0 fully saturated rings. The molecule has 0 rings (SSSR count). The number of esters is 3. The fourth-order valence-corrected chi connectivity index (χ4v) is 0.636. The molecule has 153 valence electrons. The van der Waals surface area contributed by atoms with Crippen molar-refractivity contribution >= 4 is 23.8 Å². The van der Waals surface area contributed by atoms with Crippen LogP contribution in [0.25, 0.3) is 0 Å². The van der Waals surface area contributed by atoms with Crippen LogP contribution >= 0.6 is 0 Å². The molecule has 0 aromatic rings. The Balaban J connectivity index is -0.0000000412. The van der Waals surface area contributed by atoms with Crippen LogP contribution in [0.3, 0.4) is 0 Å². The molecule has 0 saturated carbocycles. The van der Waals surface area contributed by atoms with Gasteiger partial charge in [-0.1, -0.05) is 14.9 Å². The molecule has 25 heavy (non-hydrogen) atoms. The Morgan fingerprint density at radius 2 is 1.00 bits per heavy atom. The van der Waals surface area contributed by atoms with Gasteiger partial charge in [0, 0.05) is 18.6 Å². The third-order valence-corrected chi connectivity index (χ3v) is 1.31. The number of hydrazine groups is 2. The predicted molar refractivity (Wildman–Crippen MR) is 87.7 cm³/mol. The first-order valence-corrected chi connectivity index (χ1v) is 5.79. The summed E-state index contributed by atoms with van der Waals surface area (Å²) in [6.07, 6.45) is 0. The Bertz CT molecular complexity index is 316. The van der Waals surface area contributed by atoms with E-state index in [-0.39, 0.29) is 58.7 Å². The maximum absolute atomic E-state index is 10.4. The van der Waals surface area contributed by atoms with Crippen LogP contribution in [0.15, 0.2) is 0 Å². The fourth-order valence-electron chi connectivity index (χ4n) is 0.636. The number of hydrogen-bond acceptors (Lipinski definition) is 10. The maximum Gasteiger partial charge on any atom is 0.417 e. The van der Waals surface area contributed by atoms with Crippen molar-refractivity contribution < 1.29 is 57.4 Å². The van der Waals surface area contributed by atoms with E-state index in [4.69, 9.17) is 0 Å². The first kappa shape index (κ1) is 43.6. The van der Waals surface area contributed by atoms with Crippen LogP contribution in [0.1, 0.15) is 35.6 Å². The van der Waals surface area contributed by atoms with E-state index in [0.717, 1.165) is 0 Å². The van der Waals surface area contributed by atoms with Crippen LogP contribution in [-0.4, -0.2) is 49.1 Å². The van der Waals surface area contributed by atoms with Crippen molar-refractivity contribution in [3.8, 4) is 0 Å². The number of amides is 1. The summed E-state index contributed by atoms with van der Waals surface area (Å²) in [7, 11) is 0. The summed E-state index contributed by atoms with van der Waals surface area (Å²) in [6, 6.07) is 0. The average Bonchev–Trinajstić information content (AvgIpc) is 2.49. The minimum Gasteiger partial charge on any atom is -0.459 e. The average molecular weight is 411 g/mol. The maximum atomic E-state index is 10.4. The van der Waals surface area contributed by atoms with Gasteiger partial charge >= 0.3 is 23.8 Å². The molecule has 0 aliphatic heterocycles. The molecule has 9 N–H and O–H groups in total. The normalized spacial score (nSPS) is 6.64. The molecule has 0 bridgehead atoms. The zero-order valence-electron chi connectivity index (χ0n) is 13.2. The summed E-state index contributed by atoms with van der Waals surface area (Å²) in [4.78, 5) is 41.3. The van der Waals surface area contributed by atoms with E-state index >= 15 is 0 Å². The van der Waals surface area contributed by atoms with E-state index in [2.05, 4.69) is 31.7 Å². The molecule has 0 heterocycles. The molecule has 0 atom stereocenters. The van der Waals surface area contributed by atoms with E-state index in [0.29, 0.717) is 0 Å². The predicted octanol–water partition coefficient (Wildman–Crippen LogP) is -2.08. The van der Waals surface area contributed by atoms with Crippen LogP contribution in [0.4, 0.5) is 0 Å². The molecule has 0 unspecified atom stereocenters. The number of rotatable bonds is 3. The summed E-state index contributed by atoms with van der Waals surface area (Å²) < 4.78 is 12.9. The van der Waals surface area contributed by atoms with Gasteiger partial charge in [-0.05, 0) is 20.8 Å². The van der Waals surface area contributed by atoms with Gasteiger partial charge in [0.15, 0.2) is 0 Å². The quantitative estimate of drug-likeness (QED) is 0.0991. The van der Waals surface area contributed by atoms with E-state index in [1.54, 1.807) is 26.2 Å². The number of nitrogens with one attached hydrogen (secondary N) is 1. The topological polar surface area (TPSA) is 218 Å². The van der Waals surface area contributed by atoms with Crippen LogP contribution in [0.2, 0.25) is 0 Å². The number of carbonyl (C=O) groups excluding carboxylic acids is 4. The molecule has 0 aromatic heterocycles. The first-order valence-electron chi connectivity index (χ1n) is 5.79. The molecular weight excluding hydrogens is 379 g/mol. The van der Waals surface area contributed by atoms with Crippen molar-refractivity contribution in [2.75, 3.05) is 19.8 Å². The standard InChI is InChI=1S/C6H10O4.C4H8N2O3.2CH4.H4N2.H2O.V/c1-3-9-5(7)6(8)10-4-2;1-2-9-4(8)3(7)6-5;;;1-2;;/h3-4H2,1-2H3;2,5H2,1H3,(H,6,7);2*1H4;1-2H2;1H2;. The fraction of sp³-hybridized carbons (Fsp3) is 0.667. The van der Waals surface area contributed by atoms with E-state index < -0.39 is 23.8 Å². The molecule has 12 nitrogen and oxygen atoms in total. The Kier molecular flexibility index (Phi) is 59.0. The van der Waals surface area contributed by atoms with Gasteiger partial charge in [0.05, 0.1) is 19.8 Å². The number of ether oxygens (including phenoxy) is 3. The SMILES string of the molecule is C.C.CCOC(=O)C(=O)NN.CCOC(=O)C(=O)OCC.NN.O.[V]. The van der Waals surface area contributed by atoms with E-state index in [1.165, 1.54) is 0 Å². The molecule has 1 radical (unpaired) electrons. The summed E-state index contributed by atoms with van der Waals surface area (Å²) in [5, 5.41) is 0. The van der Waals surface area contributed by atoms with Gasteiger partial charge in [-0.25, -0.2) is 20.2 Å². The van der Waals surface area contributed by atoms with E-state index in [1.807, 2.05) is 0 Å². The smallest absolute Gasteiger partial charge is 0.417 e. The summed E-state index contributed by atoms with van der Waals surface area (Å²) in [5.41, 5.74) is 1.64. The minimum atomic E-state index is -0.958. The molecule has 1 amide bonds. The van der Waals surface area contributed by atoms with Crippen molar-refractivity contribution in [2.45, 2.75) is 35.6 Å². The van der Waals surface area contributed by atoms with Crippen LogP contribution in [-0.2, 0) is 51.9 Å². The largest absolute Gasteiger partial charge is 0.459 e. The van der Waals surface area contributed by atoms with Gasteiger partial charge in [-0.15, -0.1) is 0 Å². The first-order chi connectivity index (χ1) is 9.94. The zero-order chi connectivity index (χ0) is 17.3. The monoisotopic (exact) mass is 411 g/mol. The second kappa shape index (κ2) is 33.8. The van der Waals surface area contributed by atoms with Crippen molar-refractivity contribution in [2.24, 2.45) is 17.5 Å². The summed E-state index contributed by atoms with van der Waals surface area (Å²) in [6.45, 7) is 5.40. The Morgan fingerprint density at radius 3 is 1.20 bits per heavy atom. The van der Waals surface area contributed by atoms with Crippen molar-refractivity contribution in [3.05, 3.63) is 0 Å². The third-order valence-electron chi connectivity index (χ3n) is 1.31. The Hall–Kier alpha value is -1.70. The Labute approximate surface area is 160 Å². The third kappa shape index (κ3) is 30.7. The van der Waals surface area contributed by atoms with E-state index in [9.17, 15) is 19.2 Å². The second-order valence-corrected chi connectivity index (χ2v) is 2.63. The minimum absolute atomic E-state index is 0. The molecule has 0 aromatic carbocycles. The molecule has 0 saturated heterocycles. The number of carbonyl (C=O) groups is 4. The van der Waals surface area contributed by atoms with Crippen LogP contribution in [0, 0.1) is 0 Å². The Morgan fingerprint density at radius 1 is 0.760 bits per heavy atom. The van der Waals surface area contributed by atoms with Crippen molar-refractivity contribution in [3.63, 3.8) is 0 Å². The summed E-state index contributed by atoms with van der Waals surface area (Å²) >= 11 is 0. The molecule has 0 aliphatic rings. The zero-order valence-corrected chi connectivity index (χ0v) is 14.6. The molecule has 13 heteroatoms. The van der Waals surface area contributed by atoms with Crippen LogP contribution < -0.4 is 23.0 Å². The van der Waals surface area contributed by atoms with Crippen molar-refractivity contribution in [1.82, 2.24) is 5.43 Å². The molecule has 0 aliphatic carbocycles. The second-order valence-electron chi connectivity index (χ2n) is 2.63. The molecular formula is C12H32N4O8V. The van der Waals surface area contributed by atoms with Gasteiger partial charge in [-0.3, -0.25) is 21.9 Å². The van der Waals surface area contributed by atoms with Crippen molar-refractivity contribution in [1.29, 1.82) is 0 Å². The van der Waals surface area contributed by atoms with Gasteiger partial charge in [-0.2, -0.15) is 0 Å². The summed E-state index contributed by atoms with van der Waals surface area (Å²) in [5.74, 6) is 8.86. The number of nitrogens with two attached hydrogens (primary N) is 3. The van der Waals surface area contributed by atoms with Gasteiger partial charge in [0.1, 0.15) is 0 Å². The van der Waals surface area contributed by atoms with Crippen LogP contribution in [0.5, 0.6) is 0 Å². The molecule has 0 spiro atoms. The number of hydrogen-bond donors (Lipinski definition) is 4.